The van der Waals surface area contributed by atoms with Crippen LogP contribution in [0, 0.1) is 6.92 Å². The fourth-order valence-electron chi connectivity index (χ4n) is 1.69. The van der Waals surface area contributed by atoms with Gasteiger partial charge >= 0.3 is 0 Å². The number of carbonyl (C=O) groups is 1. The fourth-order valence-corrected chi connectivity index (χ4v) is 1.69. The van der Waals surface area contributed by atoms with Crippen LogP contribution in [0.15, 0.2) is 18.2 Å². The summed E-state index contributed by atoms with van der Waals surface area (Å²) in [7, 11) is 1.76. The minimum absolute atomic E-state index is 0.00343. The lowest BCUT2D eigenvalue weighted by Crippen LogP contribution is -2.44. The van der Waals surface area contributed by atoms with E-state index in [0.717, 1.165) is 11.3 Å². The molecule has 0 saturated carbocycles. The number of phenols is 1. The van der Waals surface area contributed by atoms with Gasteiger partial charge in [-0.3, -0.25) is 4.79 Å². The molecule has 0 radical (unpaired) electrons. The van der Waals surface area contributed by atoms with Crippen LogP contribution in [0.25, 0.3) is 0 Å². The molecule has 1 unspecified atom stereocenters. The first kappa shape index (κ1) is 13.5. The first-order valence-corrected chi connectivity index (χ1v) is 5.79. The number of hydrogen-bond donors (Lipinski definition) is 2. The van der Waals surface area contributed by atoms with Crippen molar-refractivity contribution in [3.8, 4) is 5.75 Å². The van der Waals surface area contributed by atoms with Gasteiger partial charge in [-0.25, -0.2) is 0 Å². The van der Waals surface area contributed by atoms with Crippen molar-refractivity contribution in [2.24, 2.45) is 0 Å². The number of rotatable bonds is 4. The highest BCUT2D eigenvalue weighted by Gasteiger charge is 2.20. The molecule has 2 N–H and O–H groups in total. The lowest BCUT2D eigenvalue weighted by molar-refractivity contribution is -0.120. The van der Waals surface area contributed by atoms with Crippen molar-refractivity contribution in [2.45, 2.75) is 26.8 Å². The summed E-state index contributed by atoms with van der Waals surface area (Å²) in [5.74, 6) is 0.178. The van der Waals surface area contributed by atoms with Crippen LogP contribution in [-0.2, 0) is 4.79 Å². The van der Waals surface area contributed by atoms with Gasteiger partial charge in [-0.2, -0.15) is 0 Å². The quantitative estimate of drug-likeness (QED) is 0.836. The van der Waals surface area contributed by atoms with Gasteiger partial charge in [-0.15, -0.1) is 0 Å². The second-order valence-corrected chi connectivity index (χ2v) is 4.06. The summed E-state index contributed by atoms with van der Waals surface area (Å²) in [5.41, 5.74) is 1.74. The van der Waals surface area contributed by atoms with Crippen molar-refractivity contribution >= 4 is 11.6 Å². The van der Waals surface area contributed by atoms with E-state index < -0.39 is 0 Å². The molecule has 0 spiro atoms. The van der Waals surface area contributed by atoms with E-state index >= 15 is 0 Å². The number of nitrogens with one attached hydrogen (secondary N) is 1. The minimum Gasteiger partial charge on any atom is -0.508 e. The third-order valence-electron chi connectivity index (χ3n) is 2.87. The van der Waals surface area contributed by atoms with Gasteiger partial charge in [0.15, 0.2) is 0 Å². The van der Waals surface area contributed by atoms with Gasteiger partial charge < -0.3 is 15.3 Å². The fraction of sp³-hybridized carbons (Fsp3) is 0.462. The third-order valence-corrected chi connectivity index (χ3v) is 2.87. The molecule has 0 bridgehead atoms. The molecule has 0 aliphatic carbocycles. The Bertz CT molecular complexity index is 404. The highest BCUT2D eigenvalue weighted by molar-refractivity contribution is 5.97. The summed E-state index contributed by atoms with van der Waals surface area (Å²) in [4.78, 5) is 13.8. The van der Waals surface area contributed by atoms with Crippen LogP contribution >= 0.6 is 0 Å². The van der Waals surface area contributed by atoms with E-state index in [4.69, 9.17) is 0 Å². The predicted octanol–water partition coefficient (Wildman–Crippen LogP) is 1.66. The van der Waals surface area contributed by atoms with Gasteiger partial charge in [0.1, 0.15) is 5.75 Å². The summed E-state index contributed by atoms with van der Waals surface area (Å²) in [6.45, 7) is 6.25. The van der Waals surface area contributed by atoms with E-state index in [1.807, 2.05) is 26.8 Å². The zero-order chi connectivity index (χ0) is 13.0. The molecule has 17 heavy (non-hydrogen) atoms. The maximum Gasteiger partial charge on any atom is 0.243 e. The molecular weight excluding hydrogens is 216 g/mol. The molecule has 0 fully saturated rings. The van der Waals surface area contributed by atoms with E-state index in [-0.39, 0.29) is 17.7 Å². The number of hydrogen-bond acceptors (Lipinski definition) is 3. The number of nitrogens with zero attached hydrogens (tertiary/aromatic N) is 1. The molecule has 4 nitrogen and oxygen atoms in total. The highest BCUT2D eigenvalue weighted by Crippen LogP contribution is 2.25. The van der Waals surface area contributed by atoms with E-state index in [9.17, 15) is 9.90 Å². The Morgan fingerprint density at radius 2 is 2.18 bits per heavy atom. The molecule has 0 heterocycles. The molecule has 0 aliphatic heterocycles. The Balaban J connectivity index is 3.09. The number of aromatic hydroxyl groups is 1. The highest BCUT2D eigenvalue weighted by atomic mass is 16.3. The average molecular weight is 236 g/mol. The summed E-state index contributed by atoms with van der Waals surface area (Å²) in [6.07, 6.45) is 0. The molecule has 0 aromatic heterocycles. The first-order valence-electron chi connectivity index (χ1n) is 5.79. The minimum atomic E-state index is -0.239. The number of likely N-dealkylation sites (N-methyl/N-ethyl adjacent to an activating group) is 2. The predicted molar refractivity (Wildman–Crippen MR) is 69.4 cm³/mol. The Morgan fingerprint density at radius 3 is 2.71 bits per heavy atom. The topological polar surface area (TPSA) is 52.6 Å². The zero-order valence-corrected chi connectivity index (χ0v) is 10.8. The van der Waals surface area contributed by atoms with Crippen LogP contribution in [0.1, 0.15) is 19.4 Å². The molecule has 0 saturated heterocycles. The Hall–Kier alpha value is -1.55. The van der Waals surface area contributed by atoms with Gasteiger partial charge in [0, 0.05) is 12.6 Å². The van der Waals surface area contributed by atoms with Crippen LogP contribution in [0.3, 0.4) is 0 Å². The molecule has 1 aromatic carbocycles. The van der Waals surface area contributed by atoms with Crippen LogP contribution in [-0.4, -0.2) is 30.6 Å². The number of aryl methyl sites for hydroxylation is 1. The van der Waals surface area contributed by atoms with E-state index in [2.05, 4.69) is 5.32 Å². The van der Waals surface area contributed by atoms with Crippen molar-refractivity contribution < 1.29 is 9.90 Å². The van der Waals surface area contributed by atoms with Crippen molar-refractivity contribution in [1.29, 1.82) is 0 Å². The van der Waals surface area contributed by atoms with E-state index in [1.165, 1.54) is 0 Å². The summed E-state index contributed by atoms with van der Waals surface area (Å²) < 4.78 is 0. The lowest BCUT2D eigenvalue weighted by Gasteiger charge is -2.26. The summed E-state index contributed by atoms with van der Waals surface area (Å²) >= 11 is 0. The standard InChI is InChI=1S/C13H20N2O2/c1-5-15(13(17)10(3)14-4)12-8-11(16)7-6-9(12)2/h6-8,10,14,16H,5H2,1-4H3. The molecule has 4 heteroatoms. The number of amides is 1. The average Bonchev–Trinajstić information content (AvgIpc) is 2.33. The Labute approximate surface area is 102 Å². The first-order chi connectivity index (χ1) is 8.01. The van der Waals surface area contributed by atoms with E-state index in [0.29, 0.717) is 6.54 Å². The third kappa shape index (κ3) is 2.97. The van der Waals surface area contributed by atoms with Gasteiger partial charge in [0.25, 0.3) is 0 Å². The lowest BCUT2D eigenvalue weighted by atomic mass is 10.1. The smallest absolute Gasteiger partial charge is 0.243 e. The Morgan fingerprint density at radius 1 is 1.53 bits per heavy atom. The van der Waals surface area contributed by atoms with Crippen molar-refractivity contribution in [2.75, 3.05) is 18.5 Å². The second-order valence-electron chi connectivity index (χ2n) is 4.06. The molecular formula is C13H20N2O2. The Kier molecular flexibility index (Phi) is 4.52. The molecule has 1 atom stereocenters. The monoisotopic (exact) mass is 236 g/mol. The van der Waals surface area contributed by atoms with Crippen LogP contribution in [0.2, 0.25) is 0 Å². The molecule has 1 rings (SSSR count). The molecule has 1 amide bonds. The van der Waals surface area contributed by atoms with Crippen LogP contribution in [0.4, 0.5) is 5.69 Å². The van der Waals surface area contributed by atoms with Gasteiger partial charge in [-0.1, -0.05) is 6.07 Å². The maximum atomic E-state index is 12.2. The van der Waals surface area contributed by atoms with Crippen molar-refractivity contribution in [3.63, 3.8) is 0 Å². The van der Waals surface area contributed by atoms with Crippen LogP contribution < -0.4 is 10.2 Å². The van der Waals surface area contributed by atoms with Gasteiger partial charge in [0.05, 0.1) is 11.7 Å². The number of phenolic OH excluding ortho intramolecular Hbond substituents is 1. The normalized spacial score (nSPS) is 12.2. The largest absolute Gasteiger partial charge is 0.508 e. The second kappa shape index (κ2) is 5.68. The number of carbonyl (C=O) groups excluding carboxylic acids is 1. The zero-order valence-electron chi connectivity index (χ0n) is 10.8. The molecule has 1 aromatic rings. The maximum absolute atomic E-state index is 12.2. The van der Waals surface area contributed by atoms with Gasteiger partial charge in [-0.05, 0) is 39.4 Å². The summed E-state index contributed by atoms with van der Waals surface area (Å²) in [6, 6.07) is 4.82. The number of anilines is 1. The number of benzene rings is 1. The molecule has 0 aliphatic rings. The van der Waals surface area contributed by atoms with E-state index in [1.54, 1.807) is 24.1 Å². The van der Waals surface area contributed by atoms with Crippen molar-refractivity contribution in [1.82, 2.24) is 5.32 Å². The van der Waals surface area contributed by atoms with Crippen LogP contribution in [0.5, 0.6) is 5.75 Å². The van der Waals surface area contributed by atoms with Gasteiger partial charge in [0.2, 0.25) is 5.91 Å². The molecule has 94 valence electrons. The van der Waals surface area contributed by atoms with Crippen molar-refractivity contribution in [3.05, 3.63) is 23.8 Å². The SMILES string of the molecule is CCN(C(=O)C(C)NC)c1cc(O)ccc1C. The summed E-state index contributed by atoms with van der Waals surface area (Å²) in [5, 5.41) is 12.4.